The minimum absolute atomic E-state index is 0.505. The van der Waals surface area contributed by atoms with Crippen LogP contribution in [0.5, 0.6) is 0 Å². The fourth-order valence-electron chi connectivity index (χ4n) is 4.40. The van der Waals surface area contributed by atoms with E-state index in [-0.39, 0.29) is 0 Å². The van der Waals surface area contributed by atoms with Crippen molar-refractivity contribution < 1.29 is 0 Å². The first-order valence-electron chi connectivity index (χ1n) is 10.9. The molecule has 4 rings (SSSR count). The lowest BCUT2D eigenvalue weighted by molar-refractivity contribution is 0.823. The van der Waals surface area contributed by atoms with Crippen LogP contribution in [0.4, 0.5) is 0 Å². The van der Waals surface area contributed by atoms with Gasteiger partial charge in [-0.25, -0.2) is 0 Å². The second kappa shape index (κ2) is 12.2. The van der Waals surface area contributed by atoms with E-state index in [1.807, 2.05) is 11.8 Å². The molecule has 4 atom stereocenters. The molecule has 0 saturated carbocycles. The van der Waals surface area contributed by atoms with Crippen molar-refractivity contribution in [3.8, 4) is 0 Å². The Morgan fingerprint density at radius 2 is 1.23 bits per heavy atom. The first-order chi connectivity index (χ1) is 15.3. The van der Waals surface area contributed by atoms with Crippen molar-refractivity contribution in [3.05, 3.63) is 82.9 Å². The van der Waals surface area contributed by atoms with Gasteiger partial charge in [0.2, 0.25) is 0 Å². The molecule has 0 heterocycles. The molecule has 0 nitrogen and oxygen atoms in total. The van der Waals surface area contributed by atoms with Gasteiger partial charge in [0.05, 0.1) is 0 Å². The van der Waals surface area contributed by atoms with E-state index in [1.165, 1.54) is 33.8 Å². The van der Waals surface area contributed by atoms with E-state index in [0.29, 0.717) is 22.3 Å². The van der Waals surface area contributed by atoms with Crippen LogP contribution in [0, 0.1) is 0 Å². The fraction of sp³-hybridized carbons (Fsp3) is 0.385. The second-order valence-corrected chi connectivity index (χ2v) is 12.5. The minimum atomic E-state index is 0.505. The molecule has 31 heavy (non-hydrogen) atoms. The maximum absolute atomic E-state index is 4.50. The van der Waals surface area contributed by atoms with Gasteiger partial charge in [0.15, 0.2) is 0 Å². The fourth-order valence-corrected chi connectivity index (χ4v) is 9.08. The molecule has 2 aromatic carbocycles. The third kappa shape index (κ3) is 5.97. The Balaban J connectivity index is 1.49. The van der Waals surface area contributed by atoms with Crippen LogP contribution < -0.4 is 0 Å². The van der Waals surface area contributed by atoms with E-state index in [4.69, 9.17) is 0 Å². The summed E-state index contributed by atoms with van der Waals surface area (Å²) in [6, 6.07) is 17.8. The van der Waals surface area contributed by atoms with Crippen molar-refractivity contribution >= 4 is 72.7 Å². The van der Waals surface area contributed by atoms with E-state index >= 15 is 0 Å². The Bertz CT molecular complexity index is 906. The van der Waals surface area contributed by atoms with Crippen molar-refractivity contribution in [2.45, 2.75) is 22.3 Å². The van der Waals surface area contributed by atoms with Gasteiger partial charge in [-0.05, 0) is 33.8 Å². The van der Waals surface area contributed by atoms with Crippen LogP contribution in [0.2, 0.25) is 0 Å². The normalized spacial score (nSPS) is 20.6. The van der Waals surface area contributed by atoms with E-state index in [1.54, 1.807) is 0 Å². The van der Waals surface area contributed by atoms with Crippen LogP contribution in [0.25, 0.3) is 12.2 Å². The molecule has 0 fully saturated rings. The van der Waals surface area contributed by atoms with Gasteiger partial charge < -0.3 is 0 Å². The summed E-state index contributed by atoms with van der Waals surface area (Å²) >= 11 is 15.2. The molecule has 164 valence electrons. The predicted molar refractivity (Wildman–Crippen MR) is 154 cm³/mol. The van der Waals surface area contributed by atoms with Crippen molar-refractivity contribution in [1.82, 2.24) is 0 Å². The maximum Gasteiger partial charge on any atom is 0.0242 e. The van der Waals surface area contributed by atoms with Crippen LogP contribution in [0.3, 0.4) is 0 Å². The van der Waals surface area contributed by atoms with E-state index < -0.39 is 0 Å². The summed E-state index contributed by atoms with van der Waals surface area (Å²) in [7, 11) is 0. The summed E-state index contributed by atoms with van der Waals surface area (Å²) in [5.74, 6) is 7.46. The second-order valence-electron chi connectivity index (χ2n) is 7.83. The van der Waals surface area contributed by atoms with Gasteiger partial charge in [0, 0.05) is 45.3 Å². The number of benzene rings is 2. The van der Waals surface area contributed by atoms with Crippen LogP contribution >= 0.6 is 60.5 Å². The SMILES string of the molecule is SCCSCC(SCC(SCCS)C1C=Cc2ccccc21)C1C=Cc2ccccc21. The Labute approximate surface area is 211 Å². The molecule has 4 unspecified atom stereocenters. The van der Waals surface area contributed by atoms with Crippen LogP contribution in [0.1, 0.15) is 34.1 Å². The average Bonchev–Trinajstić information content (AvgIpc) is 3.43. The Hall–Kier alpha value is -0.330. The molecule has 2 aromatic rings. The third-order valence-corrected chi connectivity index (χ3v) is 11.2. The van der Waals surface area contributed by atoms with Crippen LogP contribution in [0.15, 0.2) is 60.7 Å². The van der Waals surface area contributed by atoms with E-state index in [9.17, 15) is 0 Å². The van der Waals surface area contributed by atoms with Crippen molar-refractivity contribution in [1.29, 1.82) is 0 Å². The number of fused-ring (bicyclic) bond motifs is 2. The summed E-state index contributed by atoms with van der Waals surface area (Å²) in [6.07, 6.45) is 9.50. The molecule has 2 aliphatic carbocycles. The molecule has 0 bridgehead atoms. The highest BCUT2D eigenvalue weighted by Crippen LogP contribution is 2.43. The number of rotatable bonds is 12. The predicted octanol–water partition coefficient (Wildman–Crippen LogP) is 7.40. The topological polar surface area (TPSA) is 0 Å². The number of allylic oxidation sites excluding steroid dienone is 2. The quantitative estimate of drug-likeness (QED) is 0.229. The molecule has 0 radical (unpaired) electrons. The van der Waals surface area contributed by atoms with Crippen molar-refractivity contribution in [2.24, 2.45) is 0 Å². The van der Waals surface area contributed by atoms with Gasteiger partial charge in [-0.1, -0.05) is 72.8 Å². The molecule has 0 N–H and O–H groups in total. The molecule has 0 aliphatic heterocycles. The van der Waals surface area contributed by atoms with Crippen molar-refractivity contribution in [2.75, 3.05) is 34.5 Å². The summed E-state index contributed by atoms with van der Waals surface area (Å²) in [6.45, 7) is 0. The molecule has 0 amide bonds. The standard InChI is InChI=1S/C26H30S5/c27-13-15-29-17-25(23-11-9-19-5-1-3-7-21(19)23)31-18-26(30-16-14-28)24-12-10-20-6-2-4-8-22(20)24/h1-12,23-28H,13-18H2. The summed E-state index contributed by atoms with van der Waals surface area (Å²) in [5, 5.41) is 1.17. The lowest BCUT2D eigenvalue weighted by Gasteiger charge is -2.28. The summed E-state index contributed by atoms with van der Waals surface area (Å²) in [5.41, 5.74) is 5.78. The number of thiol groups is 2. The molecular formula is C26H30S5. The molecule has 5 heteroatoms. The van der Waals surface area contributed by atoms with Gasteiger partial charge in [0.25, 0.3) is 0 Å². The van der Waals surface area contributed by atoms with Gasteiger partial charge in [-0.3, -0.25) is 0 Å². The van der Waals surface area contributed by atoms with Gasteiger partial charge in [-0.2, -0.15) is 60.5 Å². The molecule has 0 saturated heterocycles. The Morgan fingerprint density at radius 1 is 0.677 bits per heavy atom. The largest absolute Gasteiger partial charge is 0.179 e. The highest BCUT2D eigenvalue weighted by atomic mass is 32.2. The Morgan fingerprint density at radius 3 is 1.81 bits per heavy atom. The first kappa shape index (κ1) is 23.8. The molecule has 0 spiro atoms. The van der Waals surface area contributed by atoms with E-state index in [2.05, 4.69) is 122 Å². The van der Waals surface area contributed by atoms with Gasteiger partial charge in [-0.15, -0.1) is 0 Å². The zero-order valence-corrected chi connectivity index (χ0v) is 21.8. The average molecular weight is 503 g/mol. The van der Waals surface area contributed by atoms with E-state index in [0.717, 1.165) is 23.0 Å². The number of thioether (sulfide) groups is 3. The van der Waals surface area contributed by atoms with Crippen molar-refractivity contribution in [3.63, 3.8) is 0 Å². The lowest BCUT2D eigenvalue weighted by Crippen LogP contribution is -2.22. The molecule has 0 aromatic heterocycles. The Kier molecular flexibility index (Phi) is 9.39. The first-order valence-corrected chi connectivity index (χ1v) is 15.4. The third-order valence-electron chi connectivity index (χ3n) is 5.89. The molecule has 2 aliphatic rings. The minimum Gasteiger partial charge on any atom is -0.179 e. The zero-order valence-electron chi connectivity index (χ0n) is 17.6. The number of hydrogen-bond donors (Lipinski definition) is 2. The zero-order chi connectivity index (χ0) is 21.5. The lowest BCUT2D eigenvalue weighted by atomic mass is 9.98. The maximum atomic E-state index is 4.50. The highest BCUT2D eigenvalue weighted by Gasteiger charge is 2.30. The van der Waals surface area contributed by atoms with Gasteiger partial charge in [0.1, 0.15) is 0 Å². The van der Waals surface area contributed by atoms with Crippen LogP contribution in [-0.4, -0.2) is 45.0 Å². The van der Waals surface area contributed by atoms with Gasteiger partial charge >= 0.3 is 0 Å². The monoisotopic (exact) mass is 502 g/mol. The smallest absolute Gasteiger partial charge is 0.0242 e. The summed E-state index contributed by atoms with van der Waals surface area (Å²) in [4.78, 5) is 0. The number of hydrogen-bond acceptors (Lipinski definition) is 5. The molecular weight excluding hydrogens is 473 g/mol. The van der Waals surface area contributed by atoms with Crippen LogP contribution in [-0.2, 0) is 0 Å². The highest BCUT2D eigenvalue weighted by molar-refractivity contribution is 8.05. The summed E-state index contributed by atoms with van der Waals surface area (Å²) < 4.78 is 0.